The summed E-state index contributed by atoms with van der Waals surface area (Å²) in [5.41, 5.74) is 6.48. The Bertz CT molecular complexity index is 528. The number of rotatable bonds is 6. The van der Waals surface area contributed by atoms with Crippen molar-refractivity contribution in [2.24, 2.45) is 5.73 Å². The molecule has 1 aliphatic rings. The zero-order valence-electron chi connectivity index (χ0n) is 12.0. The van der Waals surface area contributed by atoms with Gasteiger partial charge in [0.1, 0.15) is 5.75 Å². The number of phenolic OH excluding ortho intramolecular Hbond substituents is 1. The highest BCUT2D eigenvalue weighted by molar-refractivity contribution is 6.01. The summed E-state index contributed by atoms with van der Waals surface area (Å²) in [5.74, 6) is -0.992. The average Bonchev–Trinajstić information content (AvgIpc) is 3.28. The molecule has 0 aliphatic heterocycles. The lowest BCUT2D eigenvalue weighted by Gasteiger charge is -2.25. The van der Waals surface area contributed by atoms with Gasteiger partial charge in [-0.15, -0.1) is 0 Å². The molecule has 21 heavy (non-hydrogen) atoms. The lowest BCUT2D eigenvalue weighted by Crippen LogP contribution is -2.49. The summed E-state index contributed by atoms with van der Waals surface area (Å²) < 4.78 is 4.79. The fourth-order valence-electron chi connectivity index (χ4n) is 2.14. The molecule has 1 amide bonds. The molecule has 2 rings (SSSR count). The largest absolute Gasteiger partial charge is 0.508 e. The van der Waals surface area contributed by atoms with Gasteiger partial charge in [0.15, 0.2) is 6.04 Å². The van der Waals surface area contributed by atoms with Crippen LogP contribution >= 0.6 is 0 Å². The third kappa shape index (κ3) is 3.95. The highest BCUT2D eigenvalue weighted by atomic mass is 16.5. The molecule has 1 aromatic rings. The highest BCUT2D eigenvalue weighted by Crippen LogP contribution is 2.29. The van der Waals surface area contributed by atoms with Crippen molar-refractivity contribution in [1.29, 1.82) is 0 Å². The van der Waals surface area contributed by atoms with Gasteiger partial charge in [-0.3, -0.25) is 4.79 Å². The normalized spacial score (nSPS) is 15.3. The van der Waals surface area contributed by atoms with Crippen LogP contribution in [0, 0.1) is 0 Å². The Morgan fingerprint density at radius 1 is 1.48 bits per heavy atom. The van der Waals surface area contributed by atoms with Gasteiger partial charge in [-0.1, -0.05) is 12.1 Å². The number of ether oxygens (including phenoxy) is 1. The van der Waals surface area contributed by atoms with Crippen LogP contribution in [-0.2, 0) is 20.9 Å². The second kappa shape index (κ2) is 6.58. The predicted molar refractivity (Wildman–Crippen MR) is 76.3 cm³/mol. The van der Waals surface area contributed by atoms with Gasteiger partial charge in [-0.2, -0.15) is 0 Å². The second-order valence-electron chi connectivity index (χ2n) is 5.10. The zero-order valence-corrected chi connectivity index (χ0v) is 12.0. The smallest absolute Gasteiger partial charge is 0.332 e. The number of esters is 1. The molecule has 6 heteroatoms. The third-order valence-corrected chi connectivity index (χ3v) is 3.34. The van der Waals surface area contributed by atoms with Crippen LogP contribution in [0.1, 0.15) is 25.3 Å². The van der Waals surface area contributed by atoms with Crippen LogP contribution in [0.15, 0.2) is 24.3 Å². The highest BCUT2D eigenvalue weighted by Gasteiger charge is 2.37. The minimum absolute atomic E-state index is 0.111. The van der Waals surface area contributed by atoms with E-state index in [-0.39, 0.29) is 18.4 Å². The molecule has 1 atom stereocenters. The van der Waals surface area contributed by atoms with E-state index in [1.807, 2.05) is 6.07 Å². The van der Waals surface area contributed by atoms with Gasteiger partial charge in [-0.05, 0) is 37.5 Å². The number of benzene rings is 1. The van der Waals surface area contributed by atoms with Crippen molar-refractivity contribution in [2.75, 3.05) is 6.61 Å². The number of aromatic hydroxyl groups is 1. The summed E-state index contributed by atoms with van der Waals surface area (Å²) in [6, 6.07) is 5.52. The van der Waals surface area contributed by atoms with E-state index in [1.54, 1.807) is 30.0 Å². The van der Waals surface area contributed by atoms with E-state index in [1.165, 1.54) is 0 Å². The molecule has 1 unspecified atom stereocenters. The number of nitrogens with zero attached hydrogens (tertiary/aromatic N) is 1. The molecule has 0 heterocycles. The minimum Gasteiger partial charge on any atom is -0.508 e. The number of amides is 1. The first-order valence-corrected chi connectivity index (χ1v) is 7.03. The van der Waals surface area contributed by atoms with Crippen molar-refractivity contribution in [1.82, 2.24) is 4.90 Å². The minimum atomic E-state index is -1.29. The Hall–Kier alpha value is -2.08. The maximum Gasteiger partial charge on any atom is 0.332 e. The summed E-state index contributed by atoms with van der Waals surface area (Å²) in [5, 5.41) is 9.48. The van der Waals surface area contributed by atoms with Gasteiger partial charge in [0, 0.05) is 12.6 Å². The van der Waals surface area contributed by atoms with Crippen molar-refractivity contribution < 1.29 is 19.4 Å². The van der Waals surface area contributed by atoms with E-state index < -0.39 is 17.9 Å². The molecule has 1 aliphatic carbocycles. The summed E-state index contributed by atoms with van der Waals surface area (Å²) >= 11 is 0. The average molecular weight is 292 g/mol. The summed E-state index contributed by atoms with van der Waals surface area (Å²) in [6.07, 6.45) is 1.81. The number of nitrogens with two attached hydrogens (primary N) is 1. The van der Waals surface area contributed by atoms with Crippen LogP contribution < -0.4 is 5.73 Å². The van der Waals surface area contributed by atoms with Crippen LogP contribution in [0.3, 0.4) is 0 Å². The van der Waals surface area contributed by atoms with E-state index in [0.717, 1.165) is 18.4 Å². The van der Waals surface area contributed by atoms with Crippen molar-refractivity contribution in [3.63, 3.8) is 0 Å². The first-order chi connectivity index (χ1) is 10.0. The van der Waals surface area contributed by atoms with Gasteiger partial charge in [-0.25, -0.2) is 4.79 Å². The number of hydrogen-bond donors (Lipinski definition) is 2. The van der Waals surface area contributed by atoms with Crippen molar-refractivity contribution in [2.45, 2.75) is 38.4 Å². The van der Waals surface area contributed by atoms with Crippen LogP contribution in [0.2, 0.25) is 0 Å². The Kier molecular flexibility index (Phi) is 4.80. The number of phenols is 1. The zero-order chi connectivity index (χ0) is 15.4. The molecular weight excluding hydrogens is 272 g/mol. The standard InChI is InChI=1S/C15H20N2O4/c1-2-21-15(20)13(16)14(19)17(11-6-7-11)9-10-4-3-5-12(18)8-10/h3-5,8,11,13,18H,2,6-7,9,16H2,1H3. The van der Waals surface area contributed by atoms with E-state index >= 15 is 0 Å². The van der Waals surface area contributed by atoms with Crippen molar-refractivity contribution >= 4 is 11.9 Å². The van der Waals surface area contributed by atoms with Gasteiger partial charge >= 0.3 is 5.97 Å². The molecule has 1 aromatic carbocycles. The quantitative estimate of drug-likeness (QED) is 0.597. The Morgan fingerprint density at radius 3 is 2.76 bits per heavy atom. The molecule has 0 aromatic heterocycles. The van der Waals surface area contributed by atoms with Gasteiger partial charge in [0.05, 0.1) is 6.61 Å². The predicted octanol–water partition coefficient (Wildman–Crippen LogP) is 0.774. The molecule has 0 spiro atoms. The lowest BCUT2D eigenvalue weighted by molar-refractivity contribution is -0.151. The number of carbonyl (C=O) groups excluding carboxylic acids is 2. The first-order valence-electron chi connectivity index (χ1n) is 7.03. The number of carbonyl (C=O) groups is 2. The summed E-state index contributed by atoms with van der Waals surface area (Å²) in [4.78, 5) is 25.6. The van der Waals surface area contributed by atoms with Gasteiger partial charge in [0.2, 0.25) is 0 Å². The Balaban J connectivity index is 2.08. The Labute approximate surface area is 123 Å². The molecule has 114 valence electrons. The number of hydrogen-bond acceptors (Lipinski definition) is 5. The second-order valence-corrected chi connectivity index (χ2v) is 5.10. The van der Waals surface area contributed by atoms with Crippen LogP contribution in [0.25, 0.3) is 0 Å². The molecule has 0 bridgehead atoms. The maximum atomic E-state index is 12.4. The monoisotopic (exact) mass is 292 g/mol. The van der Waals surface area contributed by atoms with E-state index in [2.05, 4.69) is 0 Å². The summed E-state index contributed by atoms with van der Waals surface area (Å²) in [6.45, 7) is 2.18. The molecule has 6 nitrogen and oxygen atoms in total. The molecule has 1 fully saturated rings. The molecule has 1 saturated carbocycles. The summed E-state index contributed by atoms with van der Waals surface area (Å²) in [7, 11) is 0. The SMILES string of the molecule is CCOC(=O)C(N)C(=O)N(Cc1cccc(O)c1)C1CC1. The van der Waals surface area contributed by atoms with Crippen LogP contribution in [0.5, 0.6) is 5.75 Å². The fraction of sp³-hybridized carbons (Fsp3) is 0.467. The van der Waals surface area contributed by atoms with Crippen molar-refractivity contribution in [3.8, 4) is 5.75 Å². The van der Waals surface area contributed by atoms with Gasteiger partial charge < -0.3 is 20.5 Å². The van der Waals surface area contributed by atoms with E-state index in [4.69, 9.17) is 10.5 Å². The van der Waals surface area contributed by atoms with Crippen LogP contribution in [0.4, 0.5) is 0 Å². The fourth-order valence-corrected chi connectivity index (χ4v) is 2.14. The lowest BCUT2D eigenvalue weighted by atomic mass is 10.1. The maximum absolute atomic E-state index is 12.4. The third-order valence-electron chi connectivity index (χ3n) is 3.34. The molecular formula is C15H20N2O4. The van der Waals surface area contributed by atoms with E-state index in [9.17, 15) is 14.7 Å². The molecule has 0 saturated heterocycles. The first kappa shape index (κ1) is 15.3. The Morgan fingerprint density at radius 2 is 2.19 bits per heavy atom. The van der Waals surface area contributed by atoms with Crippen molar-refractivity contribution in [3.05, 3.63) is 29.8 Å². The van der Waals surface area contributed by atoms with E-state index in [0.29, 0.717) is 6.54 Å². The molecule has 3 N–H and O–H groups in total. The topological polar surface area (TPSA) is 92.9 Å². The van der Waals surface area contributed by atoms with Gasteiger partial charge in [0.25, 0.3) is 5.91 Å². The molecule has 0 radical (unpaired) electrons. The van der Waals surface area contributed by atoms with Crippen LogP contribution in [-0.4, -0.2) is 40.6 Å².